The summed E-state index contributed by atoms with van der Waals surface area (Å²) in [5.74, 6) is -0.638. The molecule has 0 aliphatic heterocycles. The molecule has 0 aromatic heterocycles. The van der Waals surface area contributed by atoms with Crippen LogP contribution in [0, 0.1) is 10.8 Å². The fraction of sp³-hybridized carbons (Fsp3) is 0.909. The molecule has 1 saturated carbocycles. The van der Waals surface area contributed by atoms with Gasteiger partial charge in [0, 0.05) is 6.54 Å². The zero-order valence-electron chi connectivity index (χ0n) is 9.39. The Bertz CT molecular complexity index is 214. The lowest BCUT2D eigenvalue weighted by molar-refractivity contribution is -0.143. The molecule has 3 nitrogen and oxygen atoms in total. The highest BCUT2D eigenvalue weighted by Gasteiger charge is 2.49. The van der Waals surface area contributed by atoms with Gasteiger partial charge in [0.1, 0.15) is 0 Å². The van der Waals surface area contributed by atoms with Crippen LogP contribution in [0.1, 0.15) is 40.0 Å². The van der Waals surface area contributed by atoms with Gasteiger partial charge in [0.2, 0.25) is 0 Å². The minimum atomic E-state index is -0.638. The highest BCUT2D eigenvalue weighted by molar-refractivity contribution is 5.78. The summed E-state index contributed by atoms with van der Waals surface area (Å²) in [4.78, 5) is 10.8. The molecule has 0 saturated heterocycles. The van der Waals surface area contributed by atoms with Crippen molar-refractivity contribution < 1.29 is 9.90 Å². The lowest BCUT2D eigenvalue weighted by Crippen LogP contribution is -2.31. The third kappa shape index (κ3) is 3.29. The molecule has 0 aromatic carbocycles. The molecule has 0 amide bonds. The fourth-order valence-electron chi connectivity index (χ4n) is 1.41. The molecule has 0 aromatic rings. The van der Waals surface area contributed by atoms with Crippen LogP contribution in [0.25, 0.3) is 0 Å². The summed E-state index contributed by atoms with van der Waals surface area (Å²) >= 11 is 0. The quantitative estimate of drug-likeness (QED) is 0.665. The highest BCUT2D eigenvalue weighted by atomic mass is 16.4. The molecule has 0 atom stereocenters. The van der Waals surface area contributed by atoms with E-state index >= 15 is 0 Å². The molecule has 0 heterocycles. The van der Waals surface area contributed by atoms with Crippen LogP contribution in [0.15, 0.2) is 0 Å². The summed E-state index contributed by atoms with van der Waals surface area (Å²) in [6, 6.07) is 0. The van der Waals surface area contributed by atoms with E-state index in [2.05, 4.69) is 26.1 Å². The van der Waals surface area contributed by atoms with Crippen molar-refractivity contribution in [3.8, 4) is 0 Å². The van der Waals surface area contributed by atoms with Gasteiger partial charge >= 0.3 is 5.97 Å². The summed E-state index contributed by atoms with van der Waals surface area (Å²) in [5, 5.41) is 12.2. The van der Waals surface area contributed by atoms with Gasteiger partial charge in [-0.3, -0.25) is 4.79 Å². The van der Waals surface area contributed by atoms with Gasteiger partial charge in [-0.1, -0.05) is 20.8 Å². The lowest BCUT2D eigenvalue weighted by atomic mass is 9.92. The molecule has 1 fully saturated rings. The zero-order chi connectivity index (χ0) is 10.8. The molecular weight excluding hydrogens is 178 g/mol. The first-order valence-corrected chi connectivity index (χ1v) is 5.30. The van der Waals surface area contributed by atoms with Crippen LogP contribution in [0.2, 0.25) is 0 Å². The summed E-state index contributed by atoms with van der Waals surface area (Å²) < 4.78 is 0. The standard InChI is InChI=1S/C11H21NO2/c1-10(2,3)6-7-12-8-11(4-5-11)9(13)14/h12H,4-8H2,1-3H3,(H,13,14). The zero-order valence-corrected chi connectivity index (χ0v) is 9.39. The molecular formula is C11H21NO2. The summed E-state index contributed by atoms with van der Waals surface area (Å²) in [7, 11) is 0. The van der Waals surface area contributed by atoms with Crippen molar-refractivity contribution in [1.29, 1.82) is 0 Å². The third-order valence-electron chi connectivity index (χ3n) is 2.82. The second-order valence-electron chi connectivity index (χ2n) is 5.57. The first-order chi connectivity index (χ1) is 6.36. The number of carboxylic acids is 1. The van der Waals surface area contributed by atoms with Crippen molar-refractivity contribution in [1.82, 2.24) is 5.32 Å². The molecule has 0 radical (unpaired) electrons. The second-order valence-corrected chi connectivity index (χ2v) is 5.57. The Morgan fingerprint density at radius 3 is 2.36 bits per heavy atom. The van der Waals surface area contributed by atoms with E-state index in [0.29, 0.717) is 12.0 Å². The maximum Gasteiger partial charge on any atom is 0.310 e. The summed E-state index contributed by atoms with van der Waals surface area (Å²) in [6.45, 7) is 8.13. The van der Waals surface area contributed by atoms with E-state index in [1.54, 1.807) is 0 Å². The third-order valence-corrected chi connectivity index (χ3v) is 2.82. The van der Waals surface area contributed by atoms with Crippen LogP contribution < -0.4 is 5.32 Å². The fourth-order valence-corrected chi connectivity index (χ4v) is 1.41. The van der Waals surface area contributed by atoms with E-state index in [9.17, 15) is 4.79 Å². The van der Waals surface area contributed by atoms with Crippen LogP contribution in [0.4, 0.5) is 0 Å². The first kappa shape index (κ1) is 11.5. The molecule has 3 heteroatoms. The van der Waals surface area contributed by atoms with Crippen LogP contribution in [-0.2, 0) is 4.79 Å². The SMILES string of the molecule is CC(C)(C)CCNCC1(C(=O)O)CC1. The summed E-state index contributed by atoms with van der Waals surface area (Å²) in [5.41, 5.74) is -0.0924. The van der Waals surface area contributed by atoms with Crippen LogP contribution in [0.5, 0.6) is 0 Å². The first-order valence-electron chi connectivity index (χ1n) is 5.30. The lowest BCUT2D eigenvalue weighted by Gasteiger charge is -2.19. The van der Waals surface area contributed by atoms with Gasteiger partial charge in [0.15, 0.2) is 0 Å². The van der Waals surface area contributed by atoms with Crippen molar-refractivity contribution >= 4 is 5.97 Å². The van der Waals surface area contributed by atoms with Crippen molar-refractivity contribution in [3.63, 3.8) is 0 Å². The van der Waals surface area contributed by atoms with Gasteiger partial charge in [-0.25, -0.2) is 0 Å². The number of hydrogen-bond acceptors (Lipinski definition) is 2. The molecule has 0 bridgehead atoms. The van der Waals surface area contributed by atoms with E-state index in [0.717, 1.165) is 25.8 Å². The number of carbonyl (C=O) groups is 1. The Kier molecular flexibility index (Phi) is 3.20. The molecule has 1 aliphatic carbocycles. The van der Waals surface area contributed by atoms with Crippen molar-refractivity contribution in [3.05, 3.63) is 0 Å². The maximum absolute atomic E-state index is 10.8. The number of aliphatic carboxylic acids is 1. The predicted octanol–water partition coefficient (Wildman–Crippen LogP) is 1.88. The topological polar surface area (TPSA) is 49.3 Å². The number of hydrogen-bond donors (Lipinski definition) is 2. The van der Waals surface area contributed by atoms with Gasteiger partial charge in [0.25, 0.3) is 0 Å². The van der Waals surface area contributed by atoms with Gasteiger partial charge in [-0.05, 0) is 31.2 Å². The van der Waals surface area contributed by atoms with Crippen LogP contribution in [0.3, 0.4) is 0 Å². The Morgan fingerprint density at radius 1 is 1.43 bits per heavy atom. The van der Waals surface area contributed by atoms with Crippen LogP contribution in [-0.4, -0.2) is 24.2 Å². The van der Waals surface area contributed by atoms with E-state index in [-0.39, 0.29) is 0 Å². The summed E-state index contributed by atoms with van der Waals surface area (Å²) in [6.07, 6.45) is 2.76. The van der Waals surface area contributed by atoms with E-state index in [1.165, 1.54) is 0 Å². The van der Waals surface area contributed by atoms with E-state index < -0.39 is 11.4 Å². The van der Waals surface area contributed by atoms with Crippen LogP contribution >= 0.6 is 0 Å². The minimum absolute atomic E-state index is 0.326. The second kappa shape index (κ2) is 3.89. The van der Waals surface area contributed by atoms with Gasteiger partial charge < -0.3 is 10.4 Å². The van der Waals surface area contributed by atoms with Gasteiger partial charge in [-0.2, -0.15) is 0 Å². The largest absolute Gasteiger partial charge is 0.481 e. The molecule has 1 rings (SSSR count). The Morgan fingerprint density at radius 2 is 2.00 bits per heavy atom. The minimum Gasteiger partial charge on any atom is -0.481 e. The maximum atomic E-state index is 10.8. The Balaban J connectivity index is 2.13. The molecule has 0 spiro atoms. The van der Waals surface area contributed by atoms with Gasteiger partial charge in [0.05, 0.1) is 5.41 Å². The smallest absolute Gasteiger partial charge is 0.310 e. The average molecular weight is 199 g/mol. The van der Waals surface area contributed by atoms with Crippen molar-refractivity contribution in [2.45, 2.75) is 40.0 Å². The Labute approximate surface area is 85.9 Å². The predicted molar refractivity (Wildman–Crippen MR) is 56.2 cm³/mol. The molecule has 1 aliphatic rings. The van der Waals surface area contributed by atoms with Gasteiger partial charge in [-0.15, -0.1) is 0 Å². The number of nitrogens with one attached hydrogen (secondary N) is 1. The molecule has 14 heavy (non-hydrogen) atoms. The monoisotopic (exact) mass is 199 g/mol. The molecule has 2 N–H and O–H groups in total. The highest BCUT2D eigenvalue weighted by Crippen LogP contribution is 2.45. The Hall–Kier alpha value is -0.570. The normalized spacial score (nSPS) is 19.4. The number of carboxylic acid groups (broad SMARTS) is 1. The average Bonchev–Trinajstić information content (AvgIpc) is 2.77. The van der Waals surface area contributed by atoms with Crippen molar-refractivity contribution in [2.75, 3.05) is 13.1 Å². The van der Waals surface area contributed by atoms with Crippen molar-refractivity contribution in [2.24, 2.45) is 10.8 Å². The molecule has 0 unspecified atom stereocenters. The van der Waals surface area contributed by atoms with E-state index in [1.807, 2.05) is 0 Å². The molecule has 82 valence electrons. The number of rotatable bonds is 5. The van der Waals surface area contributed by atoms with E-state index in [4.69, 9.17) is 5.11 Å².